The van der Waals surface area contributed by atoms with E-state index in [1.807, 2.05) is 19.9 Å². The molecule has 0 aliphatic carbocycles. The van der Waals surface area contributed by atoms with Crippen molar-refractivity contribution >= 4 is 11.8 Å². The van der Waals surface area contributed by atoms with Gasteiger partial charge in [0.25, 0.3) is 0 Å². The minimum absolute atomic E-state index is 0.0307. The van der Waals surface area contributed by atoms with E-state index in [0.717, 1.165) is 0 Å². The smallest absolute Gasteiger partial charge is 0.307 e. The summed E-state index contributed by atoms with van der Waals surface area (Å²) in [4.78, 5) is 22.9. The van der Waals surface area contributed by atoms with Gasteiger partial charge in [-0.3, -0.25) is 9.59 Å². The maximum atomic E-state index is 12.2. The molecule has 4 nitrogen and oxygen atoms in total. The van der Waals surface area contributed by atoms with Crippen molar-refractivity contribution < 1.29 is 19.4 Å². The van der Waals surface area contributed by atoms with Gasteiger partial charge in [-0.15, -0.1) is 0 Å². The van der Waals surface area contributed by atoms with Crippen LogP contribution < -0.4 is 4.74 Å². The minimum Gasteiger partial charge on any atom is -0.488 e. The van der Waals surface area contributed by atoms with Crippen LogP contribution >= 0.6 is 0 Å². The molecule has 0 atom stereocenters. The predicted octanol–water partition coefficient (Wildman–Crippen LogP) is 2.47. The van der Waals surface area contributed by atoms with Crippen LogP contribution in [0.1, 0.15) is 29.8 Å². The van der Waals surface area contributed by atoms with Crippen LogP contribution in [0.15, 0.2) is 29.8 Å². The molecule has 2 rings (SSSR count). The van der Waals surface area contributed by atoms with E-state index in [9.17, 15) is 9.59 Å². The molecule has 0 spiro atoms. The maximum Gasteiger partial charge on any atom is 0.307 e. The highest BCUT2D eigenvalue weighted by molar-refractivity contribution is 6.11. The number of carboxylic acid groups (broad SMARTS) is 1. The number of benzene rings is 1. The Balaban J connectivity index is 2.31. The third kappa shape index (κ3) is 3.02. The molecule has 0 amide bonds. The van der Waals surface area contributed by atoms with Gasteiger partial charge < -0.3 is 9.84 Å². The van der Waals surface area contributed by atoms with Gasteiger partial charge in [-0.1, -0.05) is 26.0 Å². The van der Waals surface area contributed by atoms with Crippen LogP contribution in [0, 0.1) is 5.92 Å². The molecule has 0 saturated heterocycles. The SMILES string of the molecule is CC(C)C=C1COc2cc(CC(=O)O)ccc2C1=O. The molecular weight excluding hydrogens is 244 g/mol. The number of ether oxygens (including phenoxy) is 1. The molecule has 0 bridgehead atoms. The molecule has 1 aromatic rings. The van der Waals surface area contributed by atoms with Gasteiger partial charge in [0, 0.05) is 5.57 Å². The zero-order chi connectivity index (χ0) is 14.0. The standard InChI is InChI=1S/C15H16O4/c1-9(2)5-11-8-19-13-6-10(7-14(16)17)3-4-12(13)15(11)18/h3-6,9H,7-8H2,1-2H3,(H,16,17). The zero-order valence-electron chi connectivity index (χ0n) is 11.0. The molecule has 4 heteroatoms. The number of hydrogen-bond acceptors (Lipinski definition) is 3. The van der Waals surface area contributed by atoms with Crippen molar-refractivity contribution in [3.63, 3.8) is 0 Å². The lowest BCUT2D eigenvalue weighted by molar-refractivity contribution is -0.136. The van der Waals surface area contributed by atoms with Crippen LogP contribution in [-0.4, -0.2) is 23.5 Å². The summed E-state index contributed by atoms with van der Waals surface area (Å²) >= 11 is 0. The quantitative estimate of drug-likeness (QED) is 0.848. The second-order valence-electron chi connectivity index (χ2n) is 4.95. The first-order valence-corrected chi connectivity index (χ1v) is 6.20. The Morgan fingerprint density at radius 3 is 2.84 bits per heavy atom. The number of carboxylic acids is 1. The van der Waals surface area contributed by atoms with Gasteiger partial charge in [-0.25, -0.2) is 0 Å². The van der Waals surface area contributed by atoms with Crippen molar-refractivity contribution in [2.75, 3.05) is 6.61 Å². The monoisotopic (exact) mass is 260 g/mol. The number of Topliss-reactive ketones (excluding diaryl/α,β-unsaturated/α-hetero) is 1. The Kier molecular flexibility index (Phi) is 3.69. The molecule has 0 radical (unpaired) electrons. The van der Waals surface area contributed by atoms with Gasteiger partial charge in [-0.2, -0.15) is 0 Å². The van der Waals surface area contributed by atoms with Crippen LogP contribution in [0.4, 0.5) is 0 Å². The molecule has 100 valence electrons. The average Bonchev–Trinajstić information content (AvgIpc) is 2.31. The first-order valence-electron chi connectivity index (χ1n) is 6.20. The van der Waals surface area contributed by atoms with Gasteiger partial charge in [0.1, 0.15) is 12.4 Å². The summed E-state index contributed by atoms with van der Waals surface area (Å²) in [6.07, 6.45) is 1.83. The third-order valence-corrected chi connectivity index (χ3v) is 2.86. The average molecular weight is 260 g/mol. The van der Waals surface area contributed by atoms with Gasteiger partial charge in [0.2, 0.25) is 0 Å². The van der Waals surface area contributed by atoms with Gasteiger partial charge >= 0.3 is 5.97 Å². The number of carbonyl (C=O) groups excluding carboxylic acids is 1. The molecule has 1 aliphatic rings. The Labute approximate surface area is 111 Å². The highest BCUT2D eigenvalue weighted by Crippen LogP contribution is 2.28. The van der Waals surface area contributed by atoms with Gasteiger partial charge in [-0.05, 0) is 23.6 Å². The van der Waals surface area contributed by atoms with Crippen molar-refractivity contribution in [2.24, 2.45) is 5.92 Å². The highest BCUT2D eigenvalue weighted by atomic mass is 16.5. The molecule has 0 aromatic heterocycles. The maximum absolute atomic E-state index is 12.2. The van der Waals surface area contributed by atoms with E-state index >= 15 is 0 Å². The lowest BCUT2D eigenvalue weighted by atomic mass is 9.96. The van der Waals surface area contributed by atoms with E-state index in [0.29, 0.717) is 22.4 Å². The van der Waals surface area contributed by atoms with E-state index in [-0.39, 0.29) is 24.7 Å². The summed E-state index contributed by atoms with van der Waals surface area (Å²) in [6.45, 7) is 4.26. The van der Waals surface area contributed by atoms with Crippen molar-refractivity contribution in [2.45, 2.75) is 20.3 Å². The van der Waals surface area contributed by atoms with E-state index in [2.05, 4.69) is 0 Å². The molecule has 1 N–H and O–H groups in total. The fourth-order valence-corrected chi connectivity index (χ4v) is 2.08. The summed E-state index contributed by atoms with van der Waals surface area (Å²) in [5.41, 5.74) is 1.80. The highest BCUT2D eigenvalue weighted by Gasteiger charge is 2.23. The van der Waals surface area contributed by atoms with Gasteiger partial charge in [0.15, 0.2) is 5.78 Å². The first kappa shape index (κ1) is 13.3. The number of ketones is 1. The van der Waals surface area contributed by atoms with Gasteiger partial charge in [0.05, 0.1) is 12.0 Å². The fraction of sp³-hybridized carbons (Fsp3) is 0.333. The fourth-order valence-electron chi connectivity index (χ4n) is 2.08. The zero-order valence-corrected chi connectivity index (χ0v) is 11.0. The summed E-state index contributed by atoms with van der Waals surface area (Å²) in [7, 11) is 0. The second kappa shape index (κ2) is 5.26. The van der Waals surface area contributed by atoms with Crippen LogP contribution in [0.25, 0.3) is 0 Å². The molecule has 1 aliphatic heterocycles. The van der Waals surface area contributed by atoms with E-state index in [1.165, 1.54) is 0 Å². The number of hydrogen-bond donors (Lipinski definition) is 1. The van der Waals surface area contributed by atoms with Crippen molar-refractivity contribution in [3.8, 4) is 5.75 Å². The molecule has 0 fully saturated rings. The van der Waals surface area contributed by atoms with E-state index in [4.69, 9.17) is 9.84 Å². The number of fused-ring (bicyclic) bond motifs is 1. The summed E-state index contributed by atoms with van der Waals surface area (Å²) in [5, 5.41) is 8.75. The van der Waals surface area contributed by atoms with E-state index < -0.39 is 5.97 Å². The third-order valence-electron chi connectivity index (χ3n) is 2.86. The normalized spacial score (nSPS) is 16.4. The van der Waals surface area contributed by atoms with Crippen molar-refractivity contribution in [1.82, 2.24) is 0 Å². The molecule has 19 heavy (non-hydrogen) atoms. The Hall–Kier alpha value is -2.10. The lowest BCUT2D eigenvalue weighted by Crippen LogP contribution is -2.20. The van der Waals surface area contributed by atoms with E-state index in [1.54, 1.807) is 18.2 Å². The Morgan fingerprint density at radius 1 is 1.47 bits per heavy atom. The van der Waals surface area contributed by atoms with Crippen LogP contribution in [0.3, 0.4) is 0 Å². The molecule has 0 unspecified atom stereocenters. The summed E-state index contributed by atoms with van der Waals surface area (Å²) in [5.74, 6) is -0.167. The van der Waals surface area contributed by atoms with Crippen LogP contribution in [0.5, 0.6) is 5.75 Å². The topological polar surface area (TPSA) is 63.6 Å². The molecule has 1 aromatic carbocycles. The second-order valence-corrected chi connectivity index (χ2v) is 4.95. The first-order chi connectivity index (χ1) is 8.97. The van der Waals surface area contributed by atoms with Crippen molar-refractivity contribution in [3.05, 3.63) is 41.0 Å². The minimum atomic E-state index is -0.900. The van der Waals surface area contributed by atoms with Crippen molar-refractivity contribution in [1.29, 1.82) is 0 Å². The largest absolute Gasteiger partial charge is 0.488 e. The predicted molar refractivity (Wildman–Crippen MR) is 70.5 cm³/mol. The summed E-state index contributed by atoms with van der Waals surface area (Å²) in [6, 6.07) is 4.93. The number of allylic oxidation sites excluding steroid dienone is 1. The Bertz CT molecular complexity index is 555. The number of rotatable bonds is 3. The Morgan fingerprint density at radius 2 is 2.21 bits per heavy atom. The van der Waals surface area contributed by atoms with Crippen LogP contribution in [0.2, 0.25) is 0 Å². The molecular formula is C15H16O4. The molecule has 0 saturated carbocycles. The molecule has 1 heterocycles. The van der Waals surface area contributed by atoms with Crippen LogP contribution in [-0.2, 0) is 11.2 Å². The number of carbonyl (C=O) groups is 2. The summed E-state index contributed by atoms with van der Waals surface area (Å²) < 4.78 is 5.55. The number of aliphatic carboxylic acids is 1. The lowest BCUT2D eigenvalue weighted by Gasteiger charge is -2.20.